The summed E-state index contributed by atoms with van der Waals surface area (Å²) in [5.74, 6) is 1.66. The zero-order chi connectivity index (χ0) is 16.6. The maximum absolute atomic E-state index is 5.64. The molecule has 0 bridgehead atoms. The fraction of sp³-hybridized carbons (Fsp3) is 0.667. The van der Waals surface area contributed by atoms with Gasteiger partial charge in [-0.15, -0.1) is 24.0 Å². The lowest BCUT2D eigenvalue weighted by molar-refractivity contribution is 0.242. The molecule has 0 spiro atoms. The molecule has 1 aromatic rings. The molecule has 1 aromatic heterocycles. The highest BCUT2D eigenvalue weighted by Gasteiger charge is 2.30. The monoisotopic (exact) mass is 459 g/mol. The van der Waals surface area contributed by atoms with Gasteiger partial charge in [0.2, 0.25) is 0 Å². The number of aliphatic imine (C=N–C) groups is 1. The molecule has 1 atom stereocenters. The van der Waals surface area contributed by atoms with Gasteiger partial charge in [-0.05, 0) is 31.4 Å². The summed E-state index contributed by atoms with van der Waals surface area (Å²) >= 11 is 0. The Balaban J connectivity index is 0.00000225. The molecule has 1 saturated heterocycles. The molecular formula is C18H30IN5O. The fourth-order valence-electron chi connectivity index (χ4n) is 3.66. The molecular weight excluding hydrogens is 429 g/mol. The van der Waals surface area contributed by atoms with Crippen LogP contribution in [0.15, 0.2) is 29.5 Å². The number of halogens is 1. The van der Waals surface area contributed by atoms with E-state index in [9.17, 15) is 0 Å². The second-order valence-electron chi connectivity index (χ2n) is 6.60. The summed E-state index contributed by atoms with van der Waals surface area (Å²) in [6.07, 6.45) is 10.2. The average molecular weight is 459 g/mol. The van der Waals surface area contributed by atoms with Crippen molar-refractivity contribution in [1.29, 1.82) is 0 Å². The van der Waals surface area contributed by atoms with Gasteiger partial charge < -0.3 is 15.4 Å². The number of aromatic nitrogens is 1. The molecule has 2 fully saturated rings. The Morgan fingerprint density at radius 3 is 2.92 bits per heavy atom. The third-order valence-corrected chi connectivity index (χ3v) is 4.92. The van der Waals surface area contributed by atoms with Crippen molar-refractivity contribution in [2.75, 3.05) is 33.3 Å². The Morgan fingerprint density at radius 2 is 2.20 bits per heavy atom. The predicted molar refractivity (Wildman–Crippen MR) is 112 cm³/mol. The predicted octanol–water partition coefficient (Wildman–Crippen LogP) is 2.26. The van der Waals surface area contributed by atoms with Crippen LogP contribution in [0.5, 0.6) is 5.75 Å². The number of ether oxygens (including phenoxy) is 1. The topological polar surface area (TPSA) is 61.8 Å². The van der Waals surface area contributed by atoms with Crippen molar-refractivity contribution in [3.8, 4) is 5.75 Å². The van der Waals surface area contributed by atoms with Crippen molar-refractivity contribution in [2.45, 2.75) is 44.2 Å². The third-order valence-electron chi connectivity index (χ3n) is 4.92. The van der Waals surface area contributed by atoms with Gasteiger partial charge in [0.1, 0.15) is 12.4 Å². The van der Waals surface area contributed by atoms with Crippen molar-refractivity contribution >= 4 is 29.9 Å². The molecule has 2 aliphatic rings. The van der Waals surface area contributed by atoms with E-state index in [1.807, 2.05) is 19.2 Å². The third kappa shape index (κ3) is 6.29. The zero-order valence-electron chi connectivity index (χ0n) is 15.0. The van der Waals surface area contributed by atoms with E-state index < -0.39 is 0 Å². The highest BCUT2D eigenvalue weighted by atomic mass is 127. The average Bonchev–Trinajstić information content (AvgIpc) is 3.30. The number of hydrogen-bond donors (Lipinski definition) is 2. The summed E-state index contributed by atoms with van der Waals surface area (Å²) in [5.41, 5.74) is 0. The Bertz CT molecular complexity index is 521. The lowest BCUT2D eigenvalue weighted by atomic mass is 10.2. The van der Waals surface area contributed by atoms with Crippen LogP contribution >= 0.6 is 24.0 Å². The highest BCUT2D eigenvalue weighted by molar-refractivity contribution is 14.0. The first-order chi connectivity index (χ1) is 11.8. The number of hydrogen-bond acceptors (Lipinski definition) is 4. The lowest BCUT2D eigenvalue weighted by Gasteiger charge is -2.24. The van der Waals surface area contributed by atoms with Gasteiger partial charge in [0, 0.05) is 38.4 Å². The molecule has 7 heteroatoms. The van der Waals surface area contributed by atoms with Crippen molar-refractivity contribution in [3.63, 3.8) is 0 Å². The smallest absolute Gasteiger partial charge is 0.191 e. The summed E-state index contributed by atoms with van der Waals surface area (Å²) in [4.78, 5) is 11.0. The van der Waals surface area contributed by atoms with Crippen LogP contribution in [0, 0.1) is 0 Å². The summed E-state index contributed by atoms with van der Waals surface area (Å²) in [6.45, 7) is 3.65. The van der Waals surface area contributed by atoms with E-state index in [2.05, 4.69) is 25.5 Å². The van der Waals surface area contributed by atoms with Crippen LogP contribution in [0.2, 0.25) is 0 Å². The van der Waals surface area contributed by atoms with Gasteiger partial charge in [0.25, 0.3) is 0 Å². The molecule has 3 rings (SSSR count). The molecule has 0 radical (unpaired) electrons. The normalized spacial score (nSPS) is 21.8. The van der Waals surface area contributed by atoms with Gasteiger partial charge >= 0.3 is 0 Å². The van der Waals surface area contributed by atoms with E-state index in [0.29, 0.717) is 19.2 Å². The van der Waals surface area contributed by atoms with Crippen molar-refractivity contribution < 1.29 is 4.74 Å². The molecule has 6 nitrogen and oxygen atoms in total. The Kier molecular flexibility index (Phi) is 8.74. The second-order valence-corrected chi connectivity index (χ2v) is 6.60. The minimum atomic E-state index is 0. The SMILES string of the molecule is CN=C(NCCOc1cccnc1)NC1CCN(C2CCCC2)C1.I. The van der Waals surface area contributed by atoms with Crippen molar-refractivity contribution in [3.05, 3.63) is 24.5 Å². The second kappa shape index (κ2) is 10.8. The van der Waals surface area contributed by atoms with E-state index >= 15 is 0 Å². The first-order valence-corrected chi connectivity index (χ1v) is 9.09. The van der Waals surface area contributed by atoms with Crippen LogP contribution in [0.1, 0.15) is 32.1 Å². The number of rotatable bonds is 6. The Labute approximate surface area is 167 Å². The van der Waals surface area contributed by atoms with Gasteiger partial charge in [-0.1, -0.05) is 12.8 Å². The van der Waals surface area contributed by atoms with Gasteiger partial charge in [-0.2, -0.15) is 0 Å². The number of nitrogens with one attached hydrogen (secondary N) is 2. The first kappa shape index (κ1) is 20.2. The molecule has 1 aliphatic heterocycles. The van der Waals surface area contributed by atoms with Crippen molar-refractivity contribution in [2.24, 2.45) is 4.99 Å². The van der Waals surface area contributed by atoms with Gasteiger partial charge in [-0.3, -0.25) is 14.9 Å². The zero-order valence-corrected chi connectivity index (χ0v) is 17.3. The molecule has 140 valence electrons. The van der Waals surface area contributed by atoms with Crippen LogP contribution in [-0.2, 0) is 0 Å². The van der Waals surface area contributed by atoms with Crippen LogP contribution < -0.4 is 15.4 Å². The maximum Gasteiger partial charge on any atom is 0.191 e. The lowest BCUT2D eigenvalue weighted by Crippen LogP contribution is -2.46. The van der Waals surface area contributed by atoms with E-state index in [4.69, 9.17) is 4.74 Å². The summed E-state index contributed by atoms with van der Waals surface area (Å²) in [5, 5.41) is 6.87. The van der Waals surface area contributed by atoms with Crippen LogP contribution in [0.3, 0.4) is 0 Å². The molecule has 2 heterocycles. The molecule has 1 saturated carbocycles. The van der Waals surface area contributed by atoms with Crippen molar-refractivity contribution in [1.82, 2.24) is 20.5 Å². The van der Waals surface area contributed by atoms with Gasteiger partial charge in [0.15, 0.2) is 5.96 Å². The maximum atomic E-state index is 5.64. The molecule has 0 amide bonds. The molecule has 1 unspecified atom stereocenters. The quantitative estimate of drug-likeness (QED) is 0.296. The number of nitrogens with zero attached hydrogens (tertiary/aromatic N) is 3. The first-order valence-electron chi connectivity index (χ1n) is 9.09. The molecule has 0 aromatic carbocycles. The standard InChI is InChI=1S/C18H29N5O.HI/c1-19-18(21-10-12-24-17-7-4-9-20-13-17)22-15-8-11-23(14-15)16-5-2-3-6-16;/h4,7,9,13,15-16H,2-3,5-6,8,10-12,14H2,1H3,(H2,19,21,22);1H. The van der Waals surface area contributed by atoms with E-state index in [-0.39, 0.29) is 24.0 Å². The Morgan fingerprint density at radius 1 is 1.36 bits per heavy atom. The van der Waals surface area contributed by atoms with E-state index in [0.717, 1.165) is 24.3 Å². The number of likely N-dealkylation sites (tertiary alicyclic amines) is 1. The van der Waals surface area contributed by atoms with Gasteiger partial charge in [0.05, 0.1) is 12.7 Å². The number of guanidine groups is 1. The summed E-state index contributed by atoms with van der Waals surface area (Å²) < 4.78 is 5.64. The molecule has 1 aliphatic carbocycles. The summed E-state index contributed by atoms with van der Waals surface area (Å²) in [7, 11) is 1.82. The molecule has 2 N–H and O–H groups in total. The van der Waals surface area contributed by atoms with Crippen LogP contribution in [0.4, 0.5) is 0 Å². The minimum Gasteiger partial charge on any atom is -0.490 e. The van der Waals surface area contributed by atoms with Crippen LogP contribution in [0.25, 0.3) is 0 Å². The van der Waals surface area contributed by atoms with Gasteiger partial charge in [-0.25, -0.2) is 0 Å². The number of pyridine rings is 1. The van der Waals surface area contributed by atoms with E-state index in [1.165, 1.54) is 38.6 Å². The highest BCUT2D eigenvalue weighted by Crippen LogP contribution is 2.26. The minimum absolute atomic E-state index is 0. The largest absolute Gasteiger partial charge is 0.490 e. The summed E-state index contributed by atoms with van der Waals surface area (Å²) in [6, 6.07) is 5.10. The fourth-order valence-corrected chi connectivity index (χ4v) is 3.66. The van der Waals surface area contributed by atoms with E-state index in [1.54, 1.807) is 12.4 Å². The molecule has 25 heavy (non-hydrogen) atoms. The Hall–Kier alpha value is -1.09. The van der Waals surface area contributed by atoms with Crippen LogP contribution in [-0.4, -0.2) is 61.2 Å².